The average molecular weight is 456 g/mol. The van der Waals surface area contributed by atoms with Gasteiger partial charge in [-0.2, -0.15) is 0 Å². The van der Waals surface area contributed by atoms with Gasteiger partial charge >= 0.3 is 5.97 Å². The summed E-state index contributed by atoms with van der Waals surface area (Å²) in [7, 11) is 0. The number of fused-ring (bicyclic) bond motifs is 1. The monoisotopic (exact) mass is 456 g/mol. The third-order valence-electron chi connectivity index (χ3n) is 4.97. The van der Waals surface area contributed by atoms with Gasteiger partial charge in [0, 0.05) is 17.8 Å². The molecule has 1 saturated heterocycles. The van der Waals surface area contributed by atoms with E-state index in [0.29, 0.717) is 13.2 Å². The van der Waals surface area contributed by atoms with Gasteiger partial charge < -0.3 is 14.6 Å². The lowest BCUT2D eigenvalue weighted by Gasteiger charge is -2.35. The standard InChI is InChI=1S/C19H25IN2O3/c1-2-25-18(24)19(9-12-21-13-10-19)8-4-14-22-16(23)7-6-15-5-3-11-20-17(15)22/h3,5-7,11,21H,2,4,8-10,12-14H2,1H3. The smallest absolute Gasteiger partial charge is 0.312 e. The Morgan fingerprint density at radius 1 is 1.36 bits per heavy atom. The number of aromatic nitrogens is 1. The first-order valence-electron chi connectivity index (χ1n) is 8.91. The second-order valence-corrected chi connectivity index (χ2v) is 8.88. The van der Waals surface area contributed by atoms with Crippen LogP contribution in [0.25, 0.3) is 6.08 Å². The third kappa shape index (κ3) is 4.11. The lowest BCUT2D eigenvalue weighted by molar-refractivity contribution is -0.157. The number of pyridine rings is 1. The van der Waals surface area contributed by atoms with Crippen LogP contribution in [0.3, 0.4) is 0 Å². The van der Waals surface area contributed by atoms with Crippen LogP contribution >= 0.6 is 20.7 Å². The molecular weight excluding hydrogens is 431 g/mol. The van der Waals surface area contributed by atoms with Crippen molar-refractivity contribution in [3.63, 3.8) is 0 Å². The largest absolute Gasteiger partial charge is 0.466 e. The minimum absolute atomic E-state index is 0.0670. The summed E-state index contributed by atoms with van der Waals surface area (Å²) in [5, 5.41) is 4.49. The first-order chi connectivity index (χ1) is 12.2. The Bertz CT molecular complexity index is 835. The van der Waals surface area contributed by atoms with E-state index in [-0.39, 0.29) is 37.7 Å². The lowest BCUT2D eigenvalue weighted by Crippen LogP contribution is -2.43. The summed E-state index contributed by atoms with van der Waals surface area (Å²) in [6.45, 7) is 4.66. The van der Waals surface area contributed by atoms with Crippen molar-refractivity contribution in [1.29, 1.82) is 0 Å². The molecule has 0 spiro atoms. The molecule has 5 nitrogen and oxygen atoms in total. The maximum Gasteiger partial charge on any atom is 0.312 e. The van der Waals surface area contributed by atoms with E-state index < -0.39 is 0 Å². The van der Waals surface area contributed by atoms with Crippen LogP contribution in [0.2, 0.25) is 0 Å². The topological polar surface area (TPSA) is 60.3 Å². The molecule has 0 radical (unpaired) electrons. The van der Waals surface area contributed by atoms with Crippen molar-refractivity contribution in [2.24, 2.45) is 5.41 Å². The second-order valence-electron chi connectivity index (χ2n) is 6.52. The number of hydrogen-bond acceptors (Lipinski definition) is 4. The first-order valence-corrected chi connectivity index (χ1v) is 11.2. The van der Waals surface area contributed by atoms with Crippen molar-refractivity contribution in [3.05, 3.63) is 41.1 Å². The van der Waals surface area contributed by atoms with Gasteiger partial charge in [0.1, 0.15) is 0 Å². The molecule has 25 heavy (non-hydrogen) atoms. The Labute approximate surface area is 157 Å². The maximum absolute atomic E-state index is 12.5. The Morgan fingerprint density at radius 2 is 2.16 bits per heavy atom. The van der Waals surface area contributed by atoms with Crippen LogP contribution < -0.4 is 16.1 Å². The molecule has 0 bridgehead atoms. The molecule has 0 aliphatic carbocycles. The van der Waals surface area contributed by atoms with Gasteiger partial charge in [-0.1, -0.05) is 32.9 Å². The normalized spacial score (nSPS) is 18.3. The van der Waals surface area contributed by atoms with E-state index >= 15 is 0 Å². The van der Waals surface area contributed by atoms with E-state index in [2.05, 4.69) is 21.6 Å². The number of carbonyl (C=O) groups excluding carboxylic acids is 1. The predicted octanol–water partition coefficient (Wildman–Crippen LogP) is 2.09. The molecule has 0 saturated carbocycles. The van der Waals surface area contributed by atoms with Crippen LogP contribution in [0.4, 0.5) is 0 Å². The lowest BCUT2D eigenvalue weighted by atomic mass is 9.75. The van der Waals surface area contributed by atoms with Crippen LogP contribution in [-0.4, -0.2) is 30.2 Å². The maximum atomic E-state index is 12.5. The summed E-state index contributed by atoms with van der Waals surface area (Å²) in [5.74, 6) is -0.0670. The number of esters is 1. The van der Waals surface area contributed by atoms with E-state index in [4.69, 9.17) is 4.74 Å². The summed E-state index contributed by atoms with van der Waals surface area (Å²) in [6.07, 6.45) is 7.38. The number of carbonyl (C=O) groups is 1. The third-order valence-corrected chi connectivity index (χ3v) is 7.54. The second kappa shape index (κ2) is 8.40. The highest BCUT2D eigenvalue weighted by atomic mass is 127. The molecule has 0 aromatic carbocycles. The van der Waals surface area contributed by atoms with Crippen LogP contribution in [0, 0.1) is 8.70 Å². The van der Waals surface area contributed by atoms with Crippen molar-refractivity contribution >= 4 is 32.8 Å². The zero-order valence-corrected chi connectivity index (χ0v) is 16.8. The molecule has 3 heterocycles. The molecule has 1 N–H and O–H groups in total. The number of piperidine rings is 1. The van der Waals surface area contributed by atoms with Gasteiger partial charge in [-0.3, -0.25) is 9.59 Å². The SMILES string of the molecule is CCOC(=O)C1(CCCn2c(=O)ccc3c2=IC=CC=3)CCNCC1. The number of allylic oxidation sites excluding steroid dienone is 1. The fourth-order valence-corrected chi connectivity index (χ4v) is 5.87. The number of hydrogen-bond donors (Lipinski definition) is 1. The number of ether oxygens (including phenoxy) is 1. The molecule has 1 aromatic heterocycles. The van der Waals surface area contributed by atoms with Crippen LogP contribution in [0.15, 0.2) is 27.1 Å². The number of nitrogens with one attached hydrogen (secondary N) is 1. The average Bonchev–Trinajstić information content (AvgIpc) is 2.64. The minimum Gasteiger partial charge on any atom is -0.466 e. The van der Waals surface area contributed by atoms with E-state index in [9.17, 15) is 9.59 Å². The summed E-state index contributed by atoms with van der Waals surface area (Å²) in [4.78, 5) is 24.9. The fraction of sp³-hybridized carbons (Fsp3) is 0.526. The number of nitrogens with zero attached hydrogens (tertiary/aromatic N) is 1. The molecule has 6 heteroatoms. The molecule has 2 aliphatic rings. The van der Waals surface area contributed by atoms with Gasteiger partial charge in [-0.05, 0) is 55.8 Å². The predicted molar refractivity (Wildman–Crippen MR) is 107 cm³/mol. The zero-order valence-electron chi connectivity index (χ0n) is 14.6. The van der Waals surface area contributed by atoms with E-state index in [1.165, 1.54) is 3.28 Å². The van der Waals surface area contributed by atoms with E-state index in [1.54, 1.807) is 6.07 Å². The molecule has 0 atom stereocenters. The van der Waals surface area contributed by atoms with E-state index in [1.807, 2.05) is 17.6 Å². The van der Waals surface area contributed by atoms with E-state index in [0.717, 1.165) is 44.0 Å². The Kier molecular flexibility index (Phi) is 6.22. The molecule has 136 valence electrons. The molecule has 0 amide bonds. The molecular formula is C19H25IN2O3. The minimum atomic E-state index is -0.388. The summed E-state index contributed by atoms with van der Waals surface area (Å²) in [6, 6.07) is 3.58. The van der Waals surface area contributed by atoms with Gasteiger partial charge in [0.15, 0.2) is 0 Å². The fourth-order valence-electron chi connectivity index (χ4n) is 3.58. The van der Waals surface area contributed by atoms with Gasteiger partial charge in [0.25, 0.3) is 5.56 Å². The molecule has 2 aliphatic heterocycles. The highest BCUT2D eigenvalue weighted by molar-refractivity contribution is 14.2. The Balaban J connectivity index is 1.76. The highest BCUT2D eigenvalue weighted by Crippen LogP contribution is 2.35. The number of halogens is 1. The highest BCUT2D eigenvalue weighted by Gasteiger charge is 2.40. The van der Waals surface area contributed by atoms with Gasteiger partial charge in [0.05, 0.1) is 15.3 Å². The first kappa shape index (κ1) is 18.5. The molecule has 3 rings (SSSR count). The van der Waals surface area contributed by atoms with Crippen molar-refractivity contribution in [2.75, 3.05) is 19.7 Å². The zero-order chi connectivity index (χ0) is 17.7. The van der Waals surface area contributed by atoms with Crippen molar-refractivity contribution in [2.45, 2.75) is 39.2 Å². The van der Waals surface area contributed by atoms with Gasteiger partial charge in [0.2, 0.25) is 0 Å². The summed E-state index contributed by atoms with van der Waals surface area (Å²) in [5.41, 5.74) is -0.321. The van der Waals surface area contributed by atoms with Gasteiger partial charge in [-0.15, -0.1) is 0 Å². The van der Waals surface area contributed by atoms with Crippen molar-refractivity contribution < 1.29 is 9.53 Å². The van der Waals surface area contributed by atoms with Crippen LogP contribution in [-0.2, 0) is 16.1 Å². The molecule has 0 unspecified atom stereocenters. The van der Waals surface area contributed by atoms with Crippen LogP contribution in [0.5, 0.6) is 0 Å². The Hall–Kier alpha value is -1.28. The molecule has 1 aromatic rings. The quantitative estimate of drug-likeness (QED) is 0.526. The molecule has 1 fully saturated rings. The summed E-state index contributed by atoms with van der Waals surface area (Å²) >= 11 is -0.259. The summed E-state index contributed by atoms with van der Waals surface area (Å²) < 4.78 is 10.6. The van der Waals surface area contributed by atoms with Gasteiger partial charge in [-0.25, -0.2) is 0 Å². The van der Waals surface area contributed by atoms with Crippen molar-refractivity contribution in [1.82, 2.24) is 9.88 Å². The van der Waals surface area contributed by atoms with Crippen molar-refractivity contribution in [3.8, 4) is 0 Å². The van der Waals surface area contributed by atoms with Crippen LogP contribution in [0.1, 0.15) is 32.6 Å². The number of rotatable bonds is 6. The Morgan fingerprint density at radius 3 is 2.92 bits per heavy atom.